The number of nitrogens with one attached hydrogen (secondary N) is 4. The standard InChI is InChI=1S/C80H106N4O6/c1-5-9-13-17-21-25-61-85-73-45-33-67(34-46-73)81-69-53-57-79(58-54-69,83-71-37-49-75(50-38-71)87-63-27-23-19-15-11-7-3)89-77-41-29-65(30-42-77)66-31-43-78(44-32-66)90-80(84-72-39-51-76(52-40-72)88-64-28-24-20-16-12-8-4)59-55-70(56-60-80)82-68-35-47-74(48-36-68)86-62-26-22-18-14-10-6-2/h29-57,59,81-84H,5-28,58,60-64H2,1-4H3. The molecule has 0 fully saturated rings. The summed E-state index contributed by atoms with van der Waals surface area (Å²) in [7, 11) is 0. The highest BCUT2D eigenvalue weighted by atomic mass is 16.5. The van der Waals surface area contributed by atoms with Crippen LogP contribution in [-0.4, -0.2) is 37.9 Å². The van der Waals surface area contributed by atoms with Crippen LogP contribution >= 0.6 is 0 Å². The molecule has 2 unspecified atom stereocenters. The van der Waals surface area contributed by atoms with E-state index in [-0.39, 0.29) is 0 Å². The Morgan fingerprint density at radius 2 is 0.544 bits per heavy atom. The van der Waals surface area contributed by atoms with Crippen molar-refractivity contribution in [3.8, 4) is 45.6 Å². The van der Waals surface area contributed by atoms with Gasteiger partial charge >= 0.3 is 0 Å². The Bertz CT molecular complexity index is 2840. The Hall–Kier alpha value is -7.72. The number of hydrogen-bond donors (Lipinski definition) is 4. The second kappa shape index (κ2) is 38.7. The van der Waals surface area contributed by atoms with Gasteiger partial charge in [-0.25, -0.2) is 0 Å². The summed E-state index contributed by atoms with van der Waals surface area (Å²) in [5.41, 5.74) is 6.28. The topological polar surface area (TPSA) is 104 Å². The molecular formula is C80H106N4O6. The third-order valence-electron chi connectivity index (χ3n) is 16.7. The fraction of sp³-hybridized carbons (Fsp3) is 0.450. The molecular weight excluding hydrogens is 1110 g/mol. The van der Waals surface area contributed by atoms with Gasteiger partial charge in [0.25, 0.3) is 0 Å². The number of benzene rings is 6. The largest absolute Gasteiger partial charge is 0.494 e. The average Bonchev–Trinajstić information content (AvgIpc) is 0.931. The van der Waals surface area contributed by atoms with Gasteiger partial charge in [-0.2, -0.15) is 0 Å². The number of rotatable bonds is 45. The van der Waals surface area contributed by atoms with Gasteiger partial charge in [0.15, 0.2) is 0 Å². The minimum Gasteiger partial charge on any atom is -0.494 e. The highest BCUT2D eigenvalue weighted by molar-refractivity contribution is 5.65. The zero-order chi connectivity index (χ0) is 62.6. The van der Waals surface area contributed by atoms with Gasteiger partial charge in [0.2, 0.25) is 11.4 Å². The van der Waals surface area contributed by atoms with Crippen LogP contribution in [-0.2, 0) is 0 Å². The number of anilines is 4. The second-order valence-corrected chi connectivity index (χ2v) is 24.5. The summed E-state index contributed by atoms with van der Waals surface area (Å²) in [4.78, 5) is 0. The molecule has 8 rings (SSSR count). The molecule has 2 aliphatic rings. The van der Waals surface area contributed by atoms with Gasteiger partial charge in [-0.05, 0) is 182 Å². The summed E-state index contributed by atoms with van der Waals surface area (Å²) in [6.07, 6.45) is 43.7. The first-order valence-electron chi connectivity index (χ1n) is 34.7. The number of allylic oxidation sites excluding steroid dienone is 2. The molecule has 10 heteroatoms. The zero-order valence-corrected chi connectivity index (χ0v) is 55.0. The molecule has 4 N–H and O–H groups in total. The monoisotopic (exact) mass is 1220 g/mol. The summed E-state index contributed by atoms with van der Waals surface area (Å²) >= 11 is 0. The van der Waals surface area contributed by atoms with E-state index >= 15 is 0 Å². The van der Waals surface area contributed by atoms with Crippen LogP contribution < -0.4 is 49.7 Å². The molecule has 10 nitrogen and oxygen atoms in total. The van der Waals surface area contributed by atoms with Crippen LogP contribution in [0.1, 0.15) is 195 Å². The van der Waals surface area contributed by atoms with Gasteiger partial charge in [0.05, 0.1) is 26.4 Å². The first-order valence-corrected chi connectivity index (χ1v) is 34.7. The second-order valence-electron chi connectivity index (χ2n) is 24.5. The van der Waals surface area contributed by atoms with Crippen molar-refractivity contribution >= 4 is 22.7 Å². The van der Waals surface area contributed by atoms with Gasteiger partial charge in [-0.15, -0.1) is 0 Å². The average molecular weight is 1220 g/mol. The Labute approximate surface area is 541 Å². The Balaban J connectivity index is 0.908. The summed E-state index contributed by atoms with van der Waals surface area (Å²) in [5.74, 6) is 5.04. The molecule has 0 saturated carbocycles. The highest BCUT2D eigenvalue weighted by Crippen LogP contribution is 2.36. The summed E-state index contributed by atoms with van der Waals surface area (Å²) in [6, 6.07) is 49.7. The lowest BCUT2D eigenvalue weighted by Crippen LogP contribution is -2.43. The SMILES string of the molecule is CCCCCCCCOc1ccc(NC2=CCC(Nc3ccc(OCCCCCCCC)cc3)(Oc3ccc(-c4ccc(OC5(Nc6ccc(OCCCCCCCC)cc6)C=CC(Nc6ccc(OCCCCCCCC)cc6)=CC5)cc4)cc3)C=C2)cc1. The number of unbranched alkanes of at least 4 members (excludes halogenated alkanes) is 20. The van der Waals surface area contributed by atoms with Crippen LogP contribution in [0, 0.1) is 0 Å². The lowest BCUT2D eigenvalue weighted by Gasteiger charge is -2.35. The van der Waals surface area contributed by atoms with Crippen molar-refractivity contribution in [1.29, 1.82) is 0 Å². The molecule has 0 heterocycles. The van der Waals surface area contributed by atoms with E-state index in [0.29, 0.717) is 12.8 Å². The van der Waals surface area contributed by atoms with Crippen molar-refractivity contribution in [2.75, 3.05) is 47.7 Å². The van der Waals surface area contributed by atoms with Crippen LogP contribution in [0.15, 0.2) is 193 Å². The van der Waals surface area contributed by atoms with Crippen molar-refractivity contribution in [3.63, 3.8) is 0 Å². The van der Waals surface area contributed by atoms with Gasteiger partial charge in [-0.3, -0.25) is 0 Å². The van der Waals surface area contributed by atoms with E-state index in [2.05, 4.69) is 182 Å². The molecule has 0 radical (unpaired) electrons. The van der Waals surface area contributed by atoms with E-state index in [9.17, 15) is 0 Å². The minimum atomic E-state index is -0.860. The molecule has 6 aromatic carbocycles. The van der Waals surface area contributed by atoms with Gasteiger partial charge < -0.3 is 49.7 Å². The molecule has 0 saturated heterocycles. The van der Waals surface area contributed by atoms with Crippen molar-refractivity contribution in [2.45, 2.75) is 206 Å². The smallest absolute Gasteiger partial charge is 0.204 e. The Kier molecular flexibility index (Phi) is 29.4. The first-order chi connectivity index (χ1) is 44.3. The molecule has 0 aliphatic heterocycles. The van der Waals surface area contributed by atoms with E-state index in [0.717, 1.165) is 132 Å². The fourth-order valence-corrected chi connectivity index (χ4v) is 11.3. The maximum atomic E-state index is 6.98. The fourth-order valence-electron chi connectivity index (χ4n) is 11.3. The lowest BCUT2D eigenvalue weighted by molar-refractivity contribution is 0.151. The first kappa shape index (κ1) is 68.2. The van der Waals surface area contributed by atoms with Crippen LogP contribution in [0.2, 0.25) is 0 Å². The Morgan fingerprint density at radius 3 is 0.811 bits per heavy atom. The molecule has 0 spiro atoms. The van der Waals surface area contributed by atoms with E-state index in [1.807, 2.05) is 48.5 Å². The van der Waals surface area contributed by atoms with Crippen LogP contribution in [0.5, 0.6) is 34.5 Å². The van der Waals surface area contributed by atoms with E-state index < -0.39 is 11.4 Å². The van der Waals surface area contributed by atoms with Crippen LogP contribution in [0.25, 0.3) is 11.1 Å². The minimum absolute atomic E-state index is 0.575. The van der Waals surface area contributed by atoms with E-state index in [1.165, 1.54) is 128 Å². The van der Waals surface area contributed by atoms with Gasteiger partial charge in [0.1, 0.15) is 34.5 Å². The predicted octanol–water partition coefficient (Wildman–Crippen LogP) is 22.6. The molecule has 0 amide bonds. The molecule has 482 valence electrons. The molecule has 0 bridgehead atoms. The van der Waals surface area contributed by atoms with Crippen molar-refractivity contribution < 1.29 is 28.4 Å². The van der Waals surface area contributed by atoms with Crippen LogP contribution in [0.3, 0.4) is 0 Å². The van der Waals surface area contributed by atoms with E-state index in [4.69, 9.17) is 28.4 Å². The summed E-state index contributed by atoms with van der Waals surface area (Å²) in [6.45, 7) is 12.0. The molecule has 90 heavy (non-hydrogen) atoms. The van der Waals surface area contributed by atoms with E-state index in [1.54, 1.807) is 0 Å². The predicted molar refractivity (Wildman–Crippen MR) is 378 cm³/mol. The van der Waals surface area contributed by atoms with Gasteiger partial charge in [0, 0.05) is 47.0 Å². The van der Waals surface area contributed by atoms with Crippen molar-refractivity contribution in [3.05, 3.63) is 193 Å². The maximum Gasteiger partial charge on any atom is 0.204 e. The maximum absolute atomic E-state index is 6.98. The molecule has 0 aromatic heterocycles. The summed E-state index contributed by atoms with van der Waals surface area (Å²) in [5, 5.41) is 14.7. The quantitative estimate of drug-likeness (QED) is 0.0218. The molecule has 2 atom stereocenters. The third kappa shape index (κ3) is 24.2. The summed E-state index contributed by atoms with van der Waals surface area (Å²) < 4.78 is 38.4. The zero-order valence-electron chi connectivity index (χ0n) is 55.0. The van der Waals surface area contributed by atoms with Crippen molar-refractivity contribution in [2.24, 2.45) is 0 Å². The third-order valence-corrected chi connectivity index (χ3v) is 16.7. The number of hydrogen-bond acceptors (Lipinski definition) is 10. The van der Waals surface area contributed by atoms with Crippen molar-refractivity contribution in [1.82, 2.24) is 0 Å². The molecule has 6 aromatic rings. The van der Waals surface area contributed by atoms with Crippen LogP contribution in [0.4, 0.5) is 22.7 Å². The highest BCUT2D eigenvalue weighted by Gasteiger charge is 2.33. The lowest BCUT2D eigenvalue weighted by atomic mass is 10.0. The Morgan fingerprint density at radius 1 is 0.289 bits per heavy atom. The van der Waals surface area contributed by atoms with Gasteiger partial charge in [-0.1, -0.05) is 193 Å². The number of ether oxygens (including phenoxy) is 6. The molecule has 2 aliphatic carbocycles. The normalized spacial score (nSPS) is 16.0.